The molecule has 3 aromatic rings. The fourth-order valence-corrected chi connectivity index (χ4v) is 5.82. The maximum absolute atomic E-state index is 13.8. The molecule has 2 aliphatic heterocycles. The number of halogens is 3. The van der Waals surface area contributed by atoms with Crippen LogP contribution in [0.5, 0.6) is 5.75 Å². The zero-order chi connectivity index (χ0) is 30.6. The molecule has 0 radical (unpaired) electrons. The summed E-state index contributed by atoms with van der Waals surface area (Å²) in [4.78, 5) is 20.1. The molecule has 1 amide bonds. The Kier molecular flexibility index (Phi) is 9.30. The molecule has 0 aliphatic carbocycles. The van der Waals surface area contributed by atoms with Crippen LogP contribution in [0.25, 0.3) is 10.8 Å². The van der Waals surface area contributed by atoms with Crippen molar-refractivity contribution in [2.24, 2.45) is 0 Å². The van der Waals surface area contributed by atoms with E-state index in [1.54, 1.807) is 4.90 Å². The number of hydrogen-bond acceptors (Lipinski definition) is 5. The topological polar surface area (TPSA) is 45.2 Å². The largest absolute Gasteiger partial charge is 0.497 e. The van der Waals surface area contributed by atoms with E-state index in [9.17, 15) is 18.0 Å². The summed E-state index contributed by atoms with van der Waals surface area (Å²) in [7, 11) is 1.30. The van der Waals surface area contributed by atoms with Crippen LogP contribution in [0, 0.1) is 11.8 Å². The Morgan fingerprint density at radius 1 is 1.00 bits per heavy atom. The third-order valence-electron chi connectivity index (χ3n) is 8.34. The van der Waals surface area contributed by atoms with Gasteiger partial charge in [-0.15, -0.1) is 0 Å². The number of rotatable bonds is 6. The molecular weight excluding hydrogens is 555 g/mol. The van der Waals surface area contributed by atoms with Gasteiger partial charge in [-0.3, -0.25) is 14.6 Å². The third-order valence-corrected chi connectivity index (χ3v) is 8.34. The van der Waals surface area contributed by atoms with E-state index in [2.05, 4.69) is 65.8 Å². The zero-order valence-electron chi connectivity index (χ0n) is 24.9. The monoisotopic (exact) mass is 593 g/mol. The van der Waals surface area contributed by atoms with Crippen LogP contribution >= 0.6 is 0 Å². The van der Waals surface area contributed by atoms with Crippen molar-refractivity contribution in [3.05, 3.63) is 77.4 Å². The number of hydrogen-bond donors (Lipinski definition) is 0. The zero-order valence-corrected chi connectivity index (χ0v) is 24.9. The van der Waals surface area contributed by atoms with Gasteiger partial charge in [0.05, 0.1) is 39.0 Å². The first-order valence-electron chi connectivity index (χ1n) is 14.6. The average molecular weight is 594 g/mol. The Hall–Kier alpha value is -3.58. The van der Waals surface area contributed by atoms with Crippen molar-refractivity contribution in [3.63, 3.8) is 0 Å². The summed E-state index contributed by atoms with van der Waals surface area (Å²) in [5, 5.41) is 2.23. The number of fused-ring (bicyclic) bond motifs is 1. The second kappa shape index (κ2) is 13.0. The smallest absolute Gasteiger partial charge is 0.416 e. The van der Waals surface area contributed by atoms with E-state index in [4.69, 9.17) is 9.47 Å². The second-order valence-electron chi connectivity index (χ2n) is 11.9. The molecule has 2 aliphatic rings. The van der Waals surface area contributed by atoms with Crippen LogP contribution in [0.15, 0.2) is 60.7 Å². The molecular formula is C34H38F3N3O3. The van der Waals surface area contributed by atoms with Gasteiger partial charge in [0.1, 0.15) is 5.75 Å². The number of piperazine rings is 1. The van der Waals surface area contributed by atoms with Crippen LogP contribution in [-0.2, 0) is 17.3 Å². The van der Waals surface area contributed by atoms with Crippen LogP contribution in [-0.4, -0.2) is 91.8 Å². The molecule has 2 fully saturated rings. The Labute approximate surface area is 251 Å². The van der Waals surface area contributed by atoms with Crippen molar-refractivity contribution >= 4 is 16.7 Å². The van der Waals surface area contributed by atoms with E-state index in [-0.39, 0.29) is 22.9 Å². The Morgan fingerprint density at radius 2 is 1.77 bits per heavy atom. The number of alkyl halides is 3. The highest BCUT2D eigenvalue weighted by molar-refractivity contribution is 5.95. The number of amides is 1. The summed E-state index contributed by atoms with van der Waals surface area (Å²) in [6, 6.07) is 17.3. The quantitative estimate of drug-likeness (QED) is 0.361. The number of ether oxygens (including phenoxy) is 2. The molecule has 0 saturated carbocycles. The number of morpholine rings is 1. The molecule has 0 N–H and O–H groups in total. The van der Waals surface area contributed by atoms with E-state index in [1.807, 2.05) is 12.1 Å². The first-order chi connectivity index (χ1) is 20.5. The van der Waals surface area contributed by atoms with Crippen molar-refractivity contribution < 1.29 is 27.4 Å². The summed E-state index contributed by atoms with van der Waals surface area (Å²) in [6.07, 6.45) is -4.03. The summed E-state index contributed by atoms with van der Waals surface area (Å²) >= 11 is 0. The first kappa shape index (κ1) is 30.9. The summed E-state index contributed by atoms with van der Waals surface area (Å²) in [5.74, 6) is 6.19. The van der Waals surface area contributed by atoms with Gasteiger partial charge in [0.25, 0.3) is 5.91 Å². The molecule has 5 rings (SSSR count). The molecule has 0 bridgehead atoms. The molecule has 0 aromatic heterocycles. The highest BCUT2D eigenvalue weighted by Gasteiger charge is 2.35. The highest BCUT2D eigenvalue weighted by Crippen LogP contribution is 2.33. The van der Waals surface area contributed by atoms with Crippen LogP contribution < -0.4 is 4.74 Å². The lowest BCUT2D eigenvalue weighted by Gasteiger charge is -2.41. The summed E-state index contributed by atoms with van der Waals surface area (Å²) in [5.41, 5.74) is 0.0662. The fourth-order valence-electron chi connectivity index (χ4n) is 5.82. The Morgan fingerprint density at radius 3 is 2.51 bits per heavy atom. The fraction of sp³-hybridized carbons (Fsp3) is 0.441. The Balaban J connectivity index is 1.36. The number of carbonyl (C=O) groups excluding carboxylic acids is 1. The van der Waals surface area contributed by atoms with Crippen LogP contribution in [0.3, 0.4) is 0 Å². The minimum absolute atomic E-state index is 0.00149. The van der Waals surface area contributed by atoms with E-state index in [1.165, 1.54) is 13.2 Å². The van der Waals surface area contributed by atoms with Crippen LogP contribution in [0.4, 0.5) is 13.2 Å². The number of carbonyl (C=O) groups is 1. The number of benzene rings is 3. The lowest BCUT2D eigenvalue weighted by Crippen LogP contribution is -2.56. The molecule has 2 saturated heterocycles. The normalized spacial score (nSPS) is 19.6. The number of methoxy groups -OCH3 is 1. The summed E-state index contributed by atoms with van der Waals surface area (Å²) < 4.78 is 51.6. The van der Waals surface area contributed by atoms with Gasteiger partial charge in [0, 0.05) is 43.3 Å². The third kappa shape index (κ3) is 7.50. The predicted molar refractivity (Wildman–Crippen MR) is 161 cm³/mol. The van der Waals surface area contributed by atoms with Crippen molar-refractivity contribution in [2.75, 3.05) is 59.6 Å². The molecule has 1 atom stereocenters. The van der Waals surface area contributed by atoms with Gasteiger partial charge in [-0.25, -0.2) is 0 Å². The van der Waals surface area contributed by atoms with E-state index >= 15 is 0 Å². The lowest BCUT2D eigenvalue weighted by atomic mass is 9.98. The van der Waals surface area contributed by atoms with E-state index in [0.29, 0.717) is 52.4 Å². The maximum Gasteiger partial charge on any atom is 0.416 e. The summed E-state index contributed by atoms with van der Waals surface area (Å²) in [6.45, 7) is 9.27. The van der Waals surface area contributed by atoms with Crippen molar-refractivity contribution in [3.8, 4) is 17.6 Å². The van der Waals surface area contributed by atoms with Gasteiger partial charge in [-0.1, -0.05) is 54.3 Å². The van der Waals surface area contributed by atoms with E-state index < -0.39 is 17.6 Å². The molecule has 3 aromatic carbocycles. The molecule has 6 nitrogen and oxygen atoms in total. The SMILES string of the molecule is COc1cc(C(=O)N2CCN(CC#CCN3CCOCC3(C)C)C[C@H]2Cc2ccc3ccccc3c2)cc(C(F)(F)F)c1. The standard InChI is InChI=1S/C34H38F3N3O3/c1-33(2)24-43-17-16-39(33)13-7-6-12-38-14-15-40(32(41)28-20-29(34(35,36)37)22-31(21-28)42-3)30(23-38)19-25-10-11-26-8-4-5-9-27(26)18-25/h4-5,8-11,18,20-22,30H,12-17,19,23-24H2,1-3H3/t30-/m1/s1. The van der Waals surface area contributed by atoms with Crippen molar-refractivity contribution in [2.45, 2.75) is 38.0 Å². The minimum Gasteiger partial charge on any atom is -0.497 e. The van der Waals surface area contributed by atoms with Gasteiger partial charge in [0.2, 0.25) is 0 Å². The molecule has 228 valence electrons. The molecule has 0 spiro atoms. The minimum atomic E-state index is -4.60. The molecule has 9 heteroatoms. The van der Waals surface area contributed by atoms with Gasteiger partial charge in [0.15, 0.2) is 0 Å². The first-order valence-corrected chi connectivity index (χ1v) is 14.6. The second-order valence-corrected chi connectivity index (χ2v) is 11.9. The van der Waals surface area contributed by atoms with Crippen molar-refractivity contribution in [1.29, 1.82) is 0 Å². The maximum atomic E-state index is 13.8. The van der Waals surface area contributed by atoms with Gasteiger partial charge < -0.3 is 14.4 Å². The van der Waals surface area contributed by atoms with Crippen LogP contribution in [0.1, 0.15) is 35.3 Å². The van der Waals surface area contributed by atoms with E-state index in [0.717, 1.165) is 35.0 Å². The van der Waals surface area contributed by atoms with Gasteiger partial charge in [-0.05, 0) is 54.8 Å². The predicted octanol–water partition coefficient (Wildman–Crippen LogP) is 5.35. The van der Waals surface area contributed by atoms with Crippen LogP contribution in [0.2, 0.25) is 0 Å². The molecule has 43 heavy (non-hydrogen) atoms. The van der Waals surface area contributed by atoms with Gasteiger partial charge >= 0.3 is 6.18 Å². The average Bonchev–Trinajstić information content (AvgIpc) is 2.99. The Bertz CT molecular complexity index is 1510. The molecule has 2 heterocycles. The highest BCUT2D eigenvalue weighted by atomic mass is 19.4. The van der Waals surface area contributed by atoms with Crippen molar-refractivity contribution in [1.82, 2.24) is 14.7 Å². The molecule has 0 unspecified atom stereocenters. The number of nitrogens with zero attached hydrogens (tertiary/aromatic N) is 3. The van der Waals surface area contributed by atoms with Gasteiger partial charge in [-0.2, -0.15) is 13.2 Å². The lowest BCUT2D eigenvalue weighted by molar-refractivity contribution is -0.137.